The molecule has 0 bridgehead atoms. The van der Waals surface area contributed by atoms with Crippen LogP contribution >= 0.6 is 0 Å². The number of para-hydroxylation sites is 1. The highest BCUT2D eigenvalue weighted by atomic mass is 15.3. The quantitative estimate of drug-likeness (QED) is 0.793. The van der Waals surface area contributed by atoms with E-state index >= 15 is 0 Å². The zero-order valence-corrected chi connectivity index (χ0v) is 12.6. The predicted molar refractivity (Wildman–Crippen MR) is 83.0 cm³/mol. The molecule has 0 saturated carbocycles. The maximum atomic E-state index is 4.56. The van der Waals surface area contributed by atoms with Gasteiger partial charge in [0, 0.05) is 31.4 Å². The first-order valence-corrected chi connectivity index (χ1v) is 7.10. The third kappa shape index (κ3) is 4.79. The van der Waals surface area contributed by atoms with Gasteiger partial charge in [-0.2, -0.15) is 5.10 Å². The molecular formula is C16H24N4. The van der Waals surface area contributed by atoms with E-state index < -0.39 is 0 Å². The van der Waals surface area contributed by atoms with Crippen LogP contribution in [-0.2, 0) is 6.54 Å². The molecule has 2 rings (SSSR count). The van der Waals surface area contributed by atoms with Crippen molar-refractivity contribution < 1.29 is 0 Å². The average molecular weight is 272 g/mol. The summed E-state index contributed by atoms with van der Waals surface area (Å²) in [6, 6.07) is 12.2. The molecule has 0 aliphatic carbocycles. The standard InChI is InChI=1S/C16H24N4/c1-16(2,3)18-11-10-17-13-14-9-12-20(19-14)15-7-5-4-6-8-15/h4-9,12,17-18H,10-11,13H2,1-3H3. The number of nitrogens with one attached hydrogen (secondary N) is 2. The molecule has 4 nitrogen and oxygen atoms in total. The Kier molecular flexibility index (Phi) is 4.93. The molecule has 0 aliphatic heterocycles. The van der Waals surface area contributed by atoms with Gasteiger partial charge in [-0.1, -0.05) is 18.2 Å². The lowest BCUT2D eigenvalue weighted by Crippen LogP contribution is -2.40. The van der Waals surface area contributed by atoms with Gasteiger partial charge in [-0.3, -0.25) is 0 Å². The predicted octanol–water partition coefficient (Wildman–Crippen LogP) is 2.35. The molecule has 20 heavy (non-hydrogen) atoms. The largest absolute Gasteiger partial charge is 0.311 e. The molecule has 1 aromatic carbocycles. The Bertz CT molecular complexity index is 511. The Morgan fingerprint density at radius 1 is 1.05 bits per heavy atom. The van der Waals surface area contributed by atoms with Crippen LogP contribution in [0.5, 0.6) is 0 Å². The third-order valence-corrected chi connectivity index (χ3v) is 2.93. The summed E-state index contributed by atoms with van der Waals surface area (Å²) in [4.78, 5) is 0. The van der Waals surface area contributed by atoms with Crippen molar-refractivity contribution in [2.75, 3.05) is 13.1 Å². The van der Waals surface area contributed by atoms with Gasteiger partial charge < -0.3 is 10.6 Å². The molecule has 0 atom stereocenters. The van der Waals surface area contributed by atoms with Gasteiger partial charge in [-0.15, -0.1) is 0 Å². The lowest BCUT2D eigenvalue weighted by atomic mass is 10.1. The SMILES string of the molecule is CC(C)(C)NCCNCc1ccn(-c2ccccc2)n1. The first-order valence-electron chi connectivity index (χ1n) is 7.10. The van der Waals surface area contributed by atoms with E-state index in [9.17, 15) is 0 Å². The minimum absolute atomic E-state index is 0.177. The van der Waals surface area contributed by atoms with Crippen molar-refractivity contribution in [1.29, 1.82) is 0 Å². The number of rotatable bonds is 6. The van der Waals surface area contributed by atoms with Gasteiger partial charge in [0.2, 0.25) is 0 Å². The minimum atomic E-state index is 0.177. The fourth-order valence-electron chi connectivity index (χ4n) is 1.92. The topological polar surface area (TPSA) is 41.9 Å². The fraction of sp³-hybridized carbons (Fsp3) is 0.438. The van der Waals surface area contributed by atoms with Crippen molar-refractivity contribution in [1.82, 2.24) is 20.4 Å². The van der Waals surface area contributed by atoms with E-state index in [0.29, 0.717) is 0 Å². The molecule has 0 saturated heterocycles. The highest BCUT2D eigenvalue weighted by Gasteiger charge is 2.07. The molecule has 2 aromatic rings. The van der Waals surface area contributed by atoms with Crippen molar-refractivity contribution in [3.8, 4) is 5.69 Å². The van der Waals surface area contributed by atoms with Gasteiger partial charge in [0.05, 0.1) is 11.4 Å². The van der Waals surface area contributed by atoms with Crippen LogP contribution in [0, 0.1) is 0 Å². The summed E-state index contributed by atoms with van der Waals surface area (Å²) in [5, 5.41) is 11.4. The van der Waals surface area contributed by atoms with Gasteiger partial charge in [0.15, 0.2) is 0 Å². The third-order valence-electron chi connectivity index (χ3n) is 2.93. The summed E-state index contributed by atoms with van der Waals surface area (Å²) < 4.78 is 1.91. The van der Waals surface area contributed by atoms with E-state index in [2.05, 4.69) is 54.7 Å². The smallest absolute Gasteiger partial charge is 0.0766 e. The molecule has 0 fully saturated rings. The second-order valence-electron chi connectivity index (χ2n) is 5.94. The zero-order chi connectivity index (χ0) is 14.4. The molecule has 108 valence electrons. The lowest BCUT2D eigenvalue weighted by molar-refractivity contribution is 0.421. The summed E-state index contributed by atoms with van der Waals surface area (Å²) in [5.74, 6) is 0. The van der Waals surface area contributed by atoms with Crippen LogP contribution in [0.2, 0.25) is 0 Å². The molecule has 1 aromatic heterocycles. The first-order chi connectivity index (χ1) is 9.54. The molecule has 0 unspecified atom stereocenters. The zero-order valence-electron chi connectivity index (χ0n) is 12.6. The van der Waals surface area contributed by atoms with Crippen LogP contribution in [0.4, 0.5) is 0 Å². The monoisotopic (exact) mass is 272 g/mol. The van der Waals surface area contributed by atoms with Crippen molar-refractivity contribution in [2.24, 2.45) is 0 Å². The van der Waals surface area contributed by atoms with E-state index in [1.807, 2.05) is 29.1 Å². The van der Waals surface area contributed by atoms with Gasteiger partial charge in [-0.05, 0) is 39.0 Å². The summed E-state index contributed by atoms with van der Waals surface area (Å²) in [6.45, 7) is 9.22. The molecular weight excluding hydrogens is 248 g/mol. The number of nitrogens with zero attached hydrogens (tertiary/aromatic N) is 2. The highest BCUT2D eigenvalue weighted by molar-refractivity contribution is 5.30. The van der Waals surface area contributed by atoms with Gasteiger partial charge in [0.25, 0.3) is 0 Å². The Morgan fingerprint density at radius 2 is 1.80 bits per heavy atom. The lowest BCUT2D eigenvalue weighted by Gasteiger charge is -2.20. The van der Waals surface area contributed by atoms with Crippen LogP contribution in [0.15, 0.2) is 42.6 Å². The maximum Gasteiger partial charge on any atom is 0.0766 e. The second kappa shape index (κ2) is 6.68. The molecule has 4 heteroatoms. The molecule has 2 N–H and O–H groups in total. The van der Waals surface area contributed by atoms with E-state index in [1.54, 1.807) is 0 Å². The highest BCUT2D eigenvalue weighted by Crippen LogP contribution is 2.06. The van der Waals surface area contributed by atoms with E-state index in [0.717, 1.165) is 31.0 Å². The maximum absolute atomic E-state index is 4.56. The molecule has 1 heterocycles. The normalized spacial score (nSPS) is 11.8. The summed E-state index contributed by atoms with van der Waals surface area (Å²) in [6.07, 6.45) is 2.00. The van der Waals surface area contributed by atoms with Crippen LogP contribution in [0.1, 0.15) is 26.5 Å². The minimum Gasteiger partial charge on any atom is -0.311 e. The Hall–Kier alpha value is -1.65. The summed E-state index contributed by atoms with van der Waals surface area (Å²) in [5.41, 5.74) is 2.33. The van der Waals surface area contributed by atoms with Crippen LogP contribution in [0.3, 0.4) is 0 Å². The van der Waals surface area contributed by atoms with E-state index in [4.69, 9.17) is 0 Å². The van der Waals surface area contributed by atoms with Crippen molar-refractivity contribution >= 4 is 0 Å². The Labute approximate surface area is 121 Å². The first kappa shape index (κ1) is 14.8. The van der Waals surface area contributed by atoms with Crippen LogP contribution in [0.25, 0.3) is 5.69 Å². The summed E-state index contributed by atoms with van der Waals surface area (Å²) in [7, 11) is 0. The van der Waals surface area contributed by atoms with Crippen LogP contribution < -0.4 is 10.6 Å². The Balaban J connectivity index is 1.76. The molecule has 0 aliphatic rings. The molecule has 0 radical (unpaired) electrons. The van der Waals surface area contributed by atoms with Gasteiger partial charge in [0.1, 0.15) is 0 Å². The number of hydrogen-bond donors (Lipinski definition) is 2. The molecule has 0 amide bonds. The summed E-state index contributed by atoms with van der Waals surface area (Å²) >= 11 is 0. The van der Waals surface area contributed by atoms with Gasteiger partial charge in [-0.25, -0.2) is 4.68 Å². The number of benzene rings is 1. The van der Waals surface area contributed by atoms with E-state index in [-0.39, 0.29) is 5.54 Å². The molecule has 0 spiro atoms. The second-order valence-corrected chi connectivity index (χ2v) is 5.94. The average Bonchev–Trinajstić information content (AvgIpc) is 2.87. The Morgan fingerprint density at radius 3 is 2.50 bits per heavy atom. The number of aromatic nitrogens is 2. The number of hydrogen-bond acceptors (Lipinski definition) is 3. The van der Waals surface area contributed by atoms with Gasteiger partial charge >= 0.3 is 0 Å². The van der Waals surface area contributed by atoms with Crippen molar-refractivity contribution in [3.05, 3.63) is 48.3 Å². The van der Waals surface area contributed by atoms with Crippen LogP contribution in [-0.4, -0.2) is 28.4 Å². The van der Waals surface area contributed by atoms with E-state index in [1.165, 1.54) is 0 Å². The van der Waals surface area contributed by atoms with Crippen molar-refractivity contribution in [2.45, 2.75) is 32.9 Å². The fourth-order valence-corrected chi connectivity index (χ4v) is 1.92. The van der Waals surface area contributed by atoms with Crippen molar-refractivity contribution in [3.63, 3.8) is 0 Å².